The number of carbonyl (C=O) groups is 4. The monoisotopic (exact) mass is 707 g/mol. The maximum absolute atomic E-state index is 14.6. The third-order valence-electron chi connectivity index (χ3n) is 8.52. The van der Waals surface area contributed by atoms with Crippen LogP contribution in [0.25, 0.3) is 0 Å². The molecule has 3 N–H and O–H groups in total. The molecule has 1 aliphatic rings. The summed E-state index contributed by atoms with van der Waals surface area (Å²) in [7, 11) is 0. The number of imide groups is 1. The van der Waals surface area contributed by atoms with E-state index in [0.717, 1.165) is 0 Å². The summed E-state index contributed by atoms with van der Waals surface area (Å²) < 4.78 is 10.3. The molecule has 0 spiro atoms. The molecule has 0 aliphatic carbocycles. The number of aliphatic hydroxyl groups excluding tert-OH is 1. The topological polar surface area (TPSA) is 144 Å². The number of quaternary nitrogens is 1. The number of aromatic nitrogens is 1. The van der Waals surface area contributed by atoms with E-state index in [2.05, 4.69) is 15.6 Å². The quantitative estimate of drug-likeness (QED) is 0.166. The zero-order chi connectivity index (χ0) is 36.9. The molecule has 12 heteroatoms. The largest absolute Gasteiger partial charge is 0.456 e. The van der Waals surface area contributed by atoms with Crippen molar-refractivity contribution in [1.29, 1.82) is 0 Å². The van der Waals surface area contributed by atoms with Gasteiger partial charge in [0.2, 0.25) is 0 Å². The van der Waals surface area contributed by atoms with E-state index < -0.39 is 57.7 Å². The number of hydrogen-bond acceptors (Lipinski definition) is 8. The Morgan fingerprint density at radius 3 is 2.24 bits per heavy atom. The van der Waals surface area contributed by atoms with Gasteiger partial charge in [-0.1, -0.05) is 35.9 Å². The standard InChI is InChI=1S/C38H47ClN4O7/c1-24-12-11-19-43(24,35(47)41-23-28-21-29(39)17-16-27(28)22-42-36(48)50-38(5,6)7)33(45)32(44)31(30-15-8-9-18-40-30)25-13-10-14-26(20-25)34(46)49-37(2,3)4/h8-10,13-18,20-21,24,31-32,44H,11-12,19,22-23H2,1-7H3,(H-,41,42,47,48)/p+1/t24-,31-,32-,43?/m1/s1. The lowest BCUT2D eigenvalue weighted by Gasteiger charge is -2.36. The number of benzene rings is 2. The van der Waals surface area contributed by atoms with E-state index in [1.54, 1.807) is 108 Å². The molecule has 0 bridgehead atoms. The molecule has 1 aliphatic heterocycles. The Morgan fingerprint density at radius 2 is 1.62 bits per heavy atom. The number of nitrogens with one attached hydrogen (secondary N) is 2. The van der Waals surface area contributed by atoms with Crippen LogP contribution >= 0.6 is 11.6 Å². The van der Waals surface area contributed by atoms with Crippen LogP contribution in [0.5, 0.6) is 0 Å². The van der Waals surface area contributed by atoms with Gasteiger partial charge in [0.05, 0.1) is 23.7 Å². The van der Waals surface area contributed by atoms with Gasteiger partial charge in [0.25, 0.3) is 0 Å². The van der Waals surface area contributed by atoms with Crippen LogP contribution in [0.4, 0.5) is 9.59 Å². The summed E-state index contributed by atoms with van der Waals surface area (Å²) in [6, 6.07) is 15.9. The van der Waals surface area contributed by atoms with Crippen molar-refractivity contribution in [2.75, 3.05) is 6.54 Å². The Morgan fingerprint density at radius 1 is 0.920 bits per heavy atom. The van der Waals surface area contributed by atoms with E-state index in [1.807, 2.05) is 6.92 Å². The number of aliphatic hydroxyl groups is 1. The Hall–Kier alpha value is -4.32. The lowest BCUT2D eigenvalue weighted by molar-refractivity contribution is -0.787. The summed E-state index contributed by atoms with van der Waals surface area (Å²) in [4.78, 5) is 58.6. The van der Waals surface area contributed by atoms with Gasteiger partial charge in [-0.25, -0.2) is 19.2 Å². The van der Waals surface area contributed by atoms with E-state index in [1.165, 1.54) is 0 Å². The van der Waals surface area contributed by atoms with Gasteiger partial charge in [-0.05, 0) is 102 Å². The Bertz CT molecular complexity index is 1700. The van der Waals surface area contributed by atoms with Crippen molar-refractivity contribution in [3.63, 3.8) is 0 Å². The molecule has 0 saturated carbocycles. The first-order chi connectivity index (χ1) is 23.4. The molecule has 3 aromatic rings. The number of hydrogen-bond donors (Lipinski definition) is 3. The molecule has 1 unspecified atom stereocenters. The van der Waals surface area contributed by atoms with Crippen LogP contribution in [0, 0.1) is 0 Å². The number of esters is 1. The summed E-state index contributed by atoms with van der Waals surface area (Å²) in [6.45, 7) is 12.8. The average molecular weight is 708 g/mol. The van der Waals surface area contributed by atoms with E-state index >= 15 is 0 Å². The molecular weight excluding hydrogens is 660 g/mol. The first-order valence-electron chi connectivity index (χ1n) is 16.8. The van der Waals surface area contributed by atoms with Gasteiger partial charge in [0, 0.05) is 37.2 Å². The molecule has 2 aromatic carbocycles. The normalized spacial score (nSPS) is 18.9. The van der Waals surface area contributed by atoms with Gasteiger partial charge in [-0.3, -0.25) is 4.98 Å². The maximum Gasteiger partial charge on any atom is 0.424 e. The minimum Gasteiger partial charge on any atom is -0.456 e. The van der Waals surface area contributed by atoms with Gasteiger partial charge in [-0.15, -0.1) is 0 Å². The highest BCUT2D eigenvalue weighted by Gasteiger charge is 2.56. The van der Waals surface area contributed by atoms with Crippen LogP contribution in [0.15, 0.2) is 66.9 Å². The minimum absolute atomic E-state index is 0.0163. The van der Waals surface area contributed by atoms with Crippen molar-refractivity contribution >= 4 is 35.6 Å². The summed E-state index contributed by atoms with van der Waals surface area (Å²) >= 11 is 6.31. The van der Waals surface area contributed by atoms with Gasteiger partial charge in [-0.2, -0.15) is 4.48 Å². The fourth-order valence-corrected chi connectivity index (χ4v) is 6.38. The number of pyridine rings is 1. The molecule has 0 radical (unpaired) electrons. The molecule has 11 nitrogen and oxygen atoms in total. The number of nitrogens with zero attached hydrogens (tertiary/aromatic N) is 2. The van der Waals surface area contributed by atoms with Crippen molar-refractivity contribution < 1.29 is 38.2 Å². The lowest BCUT2D eigenvalue weighted by atomic mass is 9.87. The summed E-state index contributed by atoms with van der Waals surface area (Å²) in [5.41, 5.74) is 1.09. The van der Waals surface area contributed by atoms with E-state index in [0.29, 0.717) is 40.2 Å². The Labute approximate surface area is 298 Å². The number of carbonyl (C=O) groups excluding carboxylic acids is 4. The number of alkyl carbamates (subject to hydrolysis) is 1. The number of halogens is 1. The van der Waals surface area contributed by atoms with Crippen molar-refractivity contribution in [3.05, 3.63) is 99.8 Å². The van der Waals surface area contributed by atoms with E-state index in [-0.39, 0.29) is 25.2 Å². The lowest BCUT2D eigenvalue weighted by Crippen LogP contribution is -2.65. The molecular formula is C38H48ClN4O7+. The van der Waals surface area contributed by atoms with Gasteiger partial charge >= 0.3 is 24.0 Å². The van der Waals surface area contributed by atoms with Crippen LogP contribution in [0.3, 0.4) is 0 Å². The SMILES string of the molecule is C[C@@H]1CCC[N+]1(C(=O)NCc1cc(Cl)ccc1CNC(=O)OC(C)(C)C)C(=O)[C@H](O)[C@H](c1cccc(C(=O)OC(C)(C)C)c1)c1ccccn1. The van der Waals surface area contributed by atoms with Gasteiger partial charge < -0.3 is 25.2 Å². The average Bonchev–Trinajstić information content (AvgIpc) is 3.43. The number of amides is 4. The zero-order valence-electron chi connectivity index (χ0n) is 29.8. The first-order valence-corrected chi connectivity index (χ1v) is 17.2. The molecule has 4 rings (SSSR count). The van der Waals surface area contributed by atoms with Crippen LogP contribution < -0.4 is 10.6 Å². The highest BCUT2D eigenvalue weighted by atomic mass is 35.5. The minimum atomic E-state index is -1.69. The maximum atomic E-state index is 14.6. The number of rotatable bonds is 9. The second kappa shape index (κ2) is 15.7. The predicted molar refractivity (Wildman–Crippen MR) is 189 cm³/mol. The molecule has 50 heavy (non-hydrogen) atoms. The predicted octanol–water partition coefficient (Wildman–Crippen LogP) is 6.64. The number of likely N-dealkylation sites (tertiary alicyclic amines) is 1. The third-order valence-corrected chi connectivity index (χ3v) is 8.75. The molecule has 4 atom stereocenters. The summed E-state index contributed by atoms with van der Waals surface area (Å²) in [6.07, 6.45) is 0.475. The van der Waals surface area contributed by atoms with Crippen molar-refractivity contribution in [2.45, 2.75) is 104 Å². The number of ether oxygens (including phenoxy) is 2. The fraction of sp³-hybridized carbons (Fsp3) is 0.447. The highest BCUT2D eigenvalue weighted by molar-refractivity contribution is 6.30. The van der Waals surface area contributed by atoms with Crippen LogP contribution in [-0.2, 0) is 27.4 Å². The van der Waals surface area contributed by atoms with E-state index in [4.69, 9.17) is 21.1 Å². The molecule has 268 valence electrons. The second-order valence-corrected chi connectivity index (χ2v) is 15.1. The van der Waals surface area contributed by atoms with Crippen LogP contribution in [0.2, 0.25) is 5.02 Å². The van der Waals surface area contributed by atoms with Crippen molar-refractivity contribution in [3.8, 4) is 0 Å². The van der Waals surface area contributed by atoms with Crippen LogP contribution in [0.1, 0.15) is 100.0 Å². The smallest absolute Gasteiger partial charge is 0.424 e. The molecule has 2 heterocycles. The highest BCUT2D eigenvalue weighted by Crippen LogP contribution is 2.35. The second-order valence-electron chi connectivity index (χ2n) is 14.7. The van der Waals surface area contributed by atoms with Crippen molar-refractivity contribution in [1.82, 2.24) is 15.6 Å². The number of urea groups is 1. The van der Waals surface area contributed by atoms with E-state index in [9.17, 15) is 24.3 Å². The van der Waals surface area contributed by atoms with Gasteiger partial charge in [0.1, 0.15) is 17.2 Å². The molecule has 1 fully saturated rings. The first kappa shape index (κ1) is 38.5. The van der Waals surface area contributed by atoms with Crippen LogP contribution in [-0.4, -0.2) is 68.5 Å². The molecule has 4 amide bonds. The third kappa shape index (κ3) is 9.47. The summed E-state index contributed by atoms with van der Waals surface area (Å²) in [5.74, 6) is -2.21. The molecule has 1 aromatic heterocycles. The van der Waals surface area contributed by atoms with Gasteiger partial charge in [0.15, 0.2) is 6.10 Å². The molecule has 1 saturated heterocycles. The fourth-order valence-electron chi connectivity index (χ4n) is 6.18. The Balaban J connectivity index is 1.63. The Kier molecular flexibility index (Phi) is 12.1. The summed E-state index contributed by atoms with van der Waals surface area (Å²) in [5, 5.41) is 18.1. The van der Waals surface area contributed by atoms with Crippen molar-refractivity contribution in [2.24, 2.45) is 0 Å². The zero-order valence-corrected chi connectivity index (χ0v) is 30.5.